The Labute approximate surface area is 84.2 Å². The van der Waals surface area contributed by atoms with E-state index in [0.29, 0.717) is 6.29 Å². The number of hydrogen-bond acceptors (Lipinski definition) is 5. The van der Waals surface area contributed by atoms with E-state index in [0.717, 1.165) is 0 Å². The summed E-state index contributed by atoms with van der Waals surface area (Å²) in [5.41, 5.74) is 5.49. The van der Waals surface area contributed by atoms with Crippen molar-refractivity contribution < 1.29 is 24.2 Å². The summed E-state index contributed by atoms with van der Waals surface area (Å²) in [6.07, 6.45) is 0.537. The highest BCUT2D eigenvalue weighted by molar-refractivity contribution is 6.00. The van der Waals surface area contributed by atoms with Gasteiger partial charge in [0.2, 0.25) is 6.79 Å². The number of aromatic carboxylic acids is 1. The number of fused-ring (bicyclic) bond motifs is 1. The molecule has 15 heavy (non-hydrogen) atoms. The first-order valence-electron chi connectivity index (χ1n) is 4.05. The zero-order chi connectivity index (χ0) is 11.0. The van der Waals surface area contributed by atoms with Gasteiger partial charge in [0.05, 0.1) is 11.3 Å². The maximum atomic E-state index is 10.9. The first-order valence-corrected chi connectivity index (χ1v) is 4.05. The molecular formula is C9H7NO5. The molecule has 0 unspecified atom stereocenters. The Hall–Kier alpha value is -2.24. The SMILES string of the molecule is Nc1cc(C=O)c2c(c1C(=O)O)OCO2. The number of carbonyl (C=O) groups is 2. The second kappa shape index (κ2) is 3.16. The van der Waals surface area contributed by atoms with E-state index in [4.69, 9.17) is 20.3 Å². The predicted molar refractivity (Wildman–Crippen MR) is 49.3 cm³/mol. The van der Waals surface area contributed by atoms with Gasteiger partial charge >= 0.3 is 5.97 Å². The Balaban J connectivity index is 2.74. The zero-order valence-electron chi connectivity index (χ0n) is 7.52. The molecule has 0 saturated carbocycles. The zero-order valence-corrected chi connectivity index (χ0v) is 7.52. The van der Waals surface area contributed by atoms with Gasteiger partial charge in [-0.25, -0.2) is 4.79 Å². The van der Waals surface area contributed by atoms with E-state index in [2.05, 4.69) is 0 Å². The first kappa shape index (κ1) is 9.32. The van der Waals surface area contributed by atoms with Crippen molar-refractivity contribution in [1.29, 1.82) is 0 Å². The second-order valence-electron chi connectivity index (χ2n) is 2.92. The first-order chi connectivity index (χ1) is 7.15. The highest BCUT2D eigenvalue weighted by Gasteiger charge is 2.27. The van der Waals surface area contributed by atoms with E-state index >= 15 is 0 Å². The van der Waals surface area contributed by atoms with Crippen molar-refractivity contribution in [3.8, 4) is 11.5 Å². The third-order valence-corrected chi connectivity index (χ3v) is 2.04. The van der Waals surface area contributed by atoms with Crippen LogP contribution in [0.15, 0.2) is 6.07 Å². The summed E-state index contributed by atoms with van der Waals surface area (Å²) >= 11 is 0. The summed E-state index contributed by atoms with van der Waals surface area (Å²) in [6.45, 7) is -0.111. The summed E-state index contributed by atoms with van der Waals surface area (Å²) in [5.74, 6) is -1.06. The fourth-order valence-corrected chi connectivity index (χ4v) is 1.42. The van der Waals surface area contributed by atoms with E-state index in [-0.39, 0.29) is 35.1 Å². The van der Waals surface area contributed by atoms with Gasteiger partial charge in [0.15, 0.2) is 17.8 Å². The molecule has 1 aromatic rings. The Morgan fingerprint density at radius 2 is 2.13 bits per heavy atom. The van der Waals surface area contributed by atoms with Crippen LogP contribution in [0, 0.1) is 0 Å². The number of nitrogen functional groups attached to an aromatic ring is 1. The smallest absolute Gasteiger partial charge is 0.341 e. The molecule has 0 bridgehead atoms. The highest BCUT2D eigenvalue weighted by Crippen LogP contribution is 2.41. The molecule has 0 aliphatic carbocycles. The molecule has 6 nitrogen and oxygen atoms in total. The van der Waals surface area contributed by atoms with Gasteiger partial charge in [-0.05, 0) is 6.07 Å². The molecule has 0 aromatic heterocycles. The number of carbonyl (C=O) groups excluding carboxylic acids is 1. The van der Waals surface area contributed by atoms with Crippen molar-refractivity contribution in [2.45, 2.75) is 0 Å². The van der Waals surface area contributed by atoms with E-state index in [1.807, 2.05) is 0 Å². The molecule has 0 fully saturated rings. The Morgan fingerprint density at radius 3 is 2.73 bits per heavy atom. The third kappa shape index (κ3) is 1.26. The maximum absolute atomic E-state index is 10.9. The van der Waals surface area contributed by atoms with E-state index in [1.165, 1.54) is 6.07 Å². The molecule has 0 spiro atoms. The molecule has 3 N–H and O–H groups in total. The topological polar surface area (TPSA) is 98.9 Å². The van der Waals surface area contributed by atoms with E-state index in [1.54, 1.807) is 0 Å². The number of carboxylic acid groups (broad SMARTS) is 1. The third-order valence-electron chi connectivity index (χ3n) is 2.04. The molecular weight excluding hydrogens is 202 g/mol. The molecule has 0 radical (unpaired) electrons. The van der Waals surface area contributed by atoms with Crippen molar-refractivity contribution in [3.05, 3.63) is 17.2 Å². The average molecular weight is 209 g/mol. The van der Waals surface area contributed by atoms with Crippen LogP contribution >= 0.6 is 0 Å². The van der Waals surface area contributed by atoms with Crippen LogP contribution in [0.5, 0.6) is 11.5 Å². The fourth-order valence-electron chi connectivity index (χ4n) is 1.42. The second-order valence-corrected chi connectivity index (χ2v) is 2.92. The molecule has 6 heteroatoms. The largest absolute Gasteiger partial charge is 0.477 e. The summed E-state index contributed by atoms with van der Waals surface area (Å²) in [4.78, 5) is 21.5. The van der Waals surface area contributed by atoms with Crippen molar-refractivity contribution in [2.75, 3.05) is 12.5 Å². The molecule has 1 aliphatic rings. The molecule has 0 atom stereocenters. The lowest BCUT2D eigenvalue weighted by Gasteiger charge is -2.06. The van der Waals surface area contributed by atoms with Gasteiger partial charge in [-0.1, -0.05) is 0 Å². The Morgan fingerprint density at radius 1 is 1.47 bits per heavy atom. The number of rotatable bonds is 2. The number of ether oxygens (including phenoxy) is 2. The van der Waals surface area contributed by atoms with Crippen LogP contribution in [0.25, 0.3) is 0 Å². The lowest BCUT2D eigenvalue weighted by Crippen LogP contribution is -2.05. The fraction of sp³-hybridized carbons (Fsp3) is 0.111. The summed E-state index contributed by atoms with van der Waals surface area (Å²) in [5, 5.41) is 8.89. The molecule has 1 heterocycles. The molecule has 2 rings (SSSR count). The van der Waals surface area contributed by atoms with Crippen LogP contribution < -0.4 is 15.2 Å². The standard InChI is InChI=1S/C9H7NO5/c10-5-1-4(2-11)7-8(15-3-14-7)6(5)9(12)13/h1-2H,3,10H2,(H,12,13). The van der Waals surface area contributed by atoms with Gasteiger partial charge in [0, 0.05) is 0 Å². The normalized spacial score (nSPS) is 12.5. The van der Waals surface area contributed by atoms with Gasteiger partial charge in [-0.2, -0.15) is 0 Å². The summed E-state index contributed by atoms with van der Waals surface area (Å²) in [6, 6.07) is 1.25. The van der Waals surface area contributed by atoms with E-state index < -0.39 is 5.97 Å². The van der Waals surface area contributed by atoms with Gasteiger partial charge < -0.3 is 20.3 Å². The number of benzene rings is 1. The minimum atomic E-state index is -1.22. The van der Waals surface area contributed by atoms with Crippen LogP contribution in [0.3, 0.4) is 0 Å². The highest BCUT2D eigenvalue weighted by atomic mass is 16.7. The molecule has 0 saturated heterocycles. The van der Waals surface area contributed by atoms with Crippen molar-refractivity contribution in [2.24, 2.45) is 0 Å². The number of hydrogen-bond donors (Lipinski definition) is 2. The monoisotopic (exact) mass is 209 g/mol. The molecule has 78 valence electrons. The minimum Gasteiger partial charge on any atom is -0.477 e. The quantitative estimate of drug-likeness (QED) is 0.543. The van der Waals surface area contributed by atoms with Gasteiger partial charge in [0.25, 0.3) is 0 Å². The van der Waals surface area contributed by atoms with Gasteiger partial charge in [0.1, 0.15) is 5.56 Å². The van der Waals surface area contributed by atoms with Crippen molar-refractivity contribution >= 4 is 17.9 Å². The van der Waals surface area contributed by atoms with Crippen LogP contribution in [-0.2, 0) is 0 Å². The molecule has 1 aromatic carbocycles. The summed E-state index contributed by atoms with van der Waals surface area (Å²) < 4.78 is 9.97. The lowest BCUT2D eigenvalue weighted by molar-refractivity contribution is 0.0693. The van der Waals surface area contributed by atoms with Crippen molar-refractivity contribution in [1.82, 2.24) is 0 Å². The van der Waals surface area contributed by atoms with E-state index in [9.17, 15) is 9.59 Å². The van der Waals surface area contributed by atoms with Crippen molar-refractivity contribution in [3.63, 3.8) is 0 Å². The average Bonchev–Trinajstić information content (AvgIpc) is 2.63. The lowest BCUT2D eigenvalue weighted by atomic mass is 10.1. The predicted octanol–water partition coefficient (Wildman–Crippen LogP) is 0.508. The van der Waals surface area contributed by atoms with Crippen LogP contribution in [-0.4, -0.2) is 24.2 Å². The Bertz CT molecular complexity index is 454. The van der Waals surface area contributed by atoms with Crippen LogP contribution in [0.4, 0.5) is 5.69 Å². The Kier molecular flexibility index (Phi) is 1.96. The minimum absolute atomic E-state index is 0.0181. The molecule has 1 aliphatic heterocycles. The van der Waals surface area contributed by atoms with Gasteiger partial charge in [-0.15, -0.1) is 0 Å². The number of carboxylic acids is 1. The number of nitrogens with two attached hydrogens (primary N) is 1. The number of anilines is 1. The number of aldehydes is 1. The van der Waals surface area contributed by atoms with Gasteiger partial charge in [-0.3, -0.25) is 4.79 Å². The summed E-state index contributed by atoms with van der Waals surface area (Å²) in [7, 11) is 0. The van der Waals surface area contributed by atoms with Crippen LogP contribution in [0.1, 0.15) is 20.7 Å². The van der Waals surface area contributed by atoms with Crippen LogP contribution in [0.2, 0.25) is 0 Å². The molecule has 0 amide bonds. The maximum Gasteiger partial charge on any atom is 0.341 e.